The molecule has 0 atom stereocenters. The molecule has 1 aliphatic rings. The molecule has 1 aliphatic carbocycles. The third-order valence-electron chi connectivity index (χ3n) is 5.95. The molecule has 0 amide bonds. The van der Waals surface area contributed by atoms with Gasteiger partial charge < -0.3 is 4.74 Å². The molecule has 0 unspecified atom stereocenters. The molecule has 2 heteroatoms. The van der Waals surface area contributed by atoms with E-state index >= 15 is 0 Å². The van der Waals surface area contributed by atoms with Crippen LogP contribution < -0.4 is 0 Å². The van der Waals surface area contributed by atoms with Crippen LogP contribution in [0.4, 0.5) is 0 Å². The zero-order chi connectivity index (χ0) is 21.7. The fourth-order valence-electron chi connectivity index (χ4n) is 4.70. The lowest BCUT2D eigenvalue weighted by molar-refractivity contribution is -0.133. The van der Waals surface area contributed by atoms with Crippen LogP contribution >= 0.6 is 0 Å². The van der Waals surface area contributed by atoms with Gasteiger partial charge in [0, 0.05) is 11.0 Å². The predicted octanol–water partition coefficient (Wildman–Crippen LogP) is 7.08. The van der Waals surface area contributed by atoms with E-state index in [0.717, 1.165) is 35.1 Å². The Hall–Kier alpha value is -3.39. The monoisotopic (exact) mass is 408 g/mol. The second-order valence-corrected chi connectivity index (χ2v) is 8.31. The van der Waals surface area contributed by atoms with Crippen molar-refractivity contribution < 1.29 is 9.53 Å². The van der Waals surface area contributed by atoms with Crippen LogP contribution in [0.15, 0.2) is 108 Å². The largest absolute Gasteiger partial charge is 0.431 e. The third kappa shape index (κ3) is 4.11. The van der Waals surface area contributed by atoms with Gasteiger partial charge in [-0.2, -0.15) is 0 Å². The quantitative estimate of drug-likeness (QED) is 0.333. The van der Waals surface area contributed by atoms with Crippen molar-refractivity contribution in [2.24, 2.45) is 0 Å². The first-order chi connectivity index (χ1) is 15.1. The van der Waals surface area contributed by atoms with Crippen LogP contribution in [-0.2, 0) is 14.9 Å². The van der Waals surface area contributed by atoms with Crippen molar-refractivity contribution in [3.63, 3.8) is 0 Å². The van der Waals surface area contributed by atoms with Crippen molar-refractivity contribution in [1.29, 1.82) is 0 Å². The first kappa shape index (κ1) is 20.9. The number of rotatable bonds is 5. The van der Waals surface area contributed by atoms with Crippen LogP contribution in [0, 0.1) is 0 Å². The summed E-state index contributed by atoms with van der Waals surface area (Å²) >= 11 is 0. The van der Waals surface area contributed by atoms with Gasteiger partial charge in [0.2, 0.25) is 0 Å². The second-order valence-electron chi connectivity index (χ2n) is 8.31. The van der Waals surface area contributed by atoms with E-state index in [1.54, 1.807) is 6.26 Å². The topological polar surface area (TPSA) is 26.3 Å². The number of carbonyl (C=O) groups excluding carboxylic acids is 1. The van der Waals surface area contributed by atoms with Gasteiger partial charge in [-0.15, -0.1) is 0 Å². The van der Waals surface area contributed by atoms with Gasteiger partial charge in [0.05, 0.1) is 6.26 Å². The Kier molecular flexibility index (Phi) is 6.18. The number of allylic oxidation sites excluding steroid dienone is 2. The zero-order valence-corrected chi connectivity index (χ0v) is 18.2. The molecule has 0 bridgehead atoms. The second kappa shape index (κ2) is 9.18. The molecule has 0 aromatic heterocycles. The maximum absolute atomic E-state index is 13.3. The molecule has 3 aromatic carbocycles. The fraction of sp³-hybridized carbons (Fsp3) is 0.207. The number of benzene rings is 3. The fourth-order valence-corrected chi connectivity index (χ4v) is 4.70. The summed E-state index contributed by atoms with van der Waals surface area (Å²) in [5.74, 6) is -0.254. The van der Waals surface area contributed by atoms with Gasteiger partial charge in [-0.25, -0.2) is 4.79 Å². The van der Waals surface area contributed by atoms with Crippen LogP contribution in [0.5, 0.6) is 0 Å². The molecule has 0 fully saturated rings. The zero-order valence-electron chi connectivity index (χ0n) is 18.2. The molecule has 2 nitrogen and oxygen atoms in total. The van der Waals surface area contributed by atoms with E-state index in [1.165, 1.54) is 11.1 Å². The van der Waals surface area contributed by atoms with Gasteiger partial charge in [0.25, 0.3) is 0 Å². The maximum Gasteiger partial charge on any atom is 0.339 e. The van der Waals surface area contributed by atoms with E-state index in [-0.39, 0.29) is 5.97 Å². The average molecular weight is 409 g/mol. The van der Waals surface area contributed by atoms with E-state index in [1.807, 2.05) is 44.2 Å². The number of hydrogen-bond donors (Lipinski definition) is 0. The Balaban J connectivity index is 2.04. The van der Waals surface area contributed by atoms with Crippen molar-refractivity contribution in [3.8, 4) is 0 Å². The van der Waals surface area contributed by atoms with Crippen LogP contribution in [0.3, 0.4) is 0 Å². The lowest BCUT2D eigenvalue weighted by Gasteiger charge is -2.42. The van der Waals surface area contributed by atoms with Gasteiger partial charge in [0.15, 0.2) is 0 Å². The number of ether oxygens (including phenoxy) is 1. The minimum Gasteiger partial charge on any atom is -0.431 e. The van der Waals surface area contributed by atoms with E-state index in [9.17, 15) is 4.79 Å². The van der Waals surface area contributed by atoms with Crippen molar-refractivity contribution in [2.75, 3.05) is 0 Å². The molecule has 0 saturated carbocycles. The van der Waals surface area contributed by atoms with Crippen molar-refractivity contribution in [1.82, 2.24) is 0 Å². The highest BCUT2D eigenvalue weighted by atomic mass is 16.5. The molecule has 0 saturated heterocycles. The van der Waals surface area contributed by atoms with Crippen LogP contribution in [0.25, 0.3) is 5.57 Å². The third-order valence-corrected chi connectivity index (χ3v) is 5.95. The van der Waals surface area contributed by atoms with Gasteiger partial charge in [-0.3, -0.25) is 0 Å². The summed E-state index contributed by atoms with van der Waals surface area (Å²) in [6, 6.07) is 31.4. The Bertz CT molecular complexity index is 1050. The summed E-state index contributed by atoms with van der Waals surface area (Å²) in [7, 11) is 0. The first-order valence-corrected chi connectivity index (χ1v) is 10.9. The number of carbonyl (C=O) groups is 1. The Morgan fingerprint density at radius 1 is 0.806 bits per heavy atom. The number of esters is 1. The highest BCUT2D eigenvalue weighted by Gasteiger charge is 2.43. The summed E-state index contributed by atoms with van der Waals surface area (Å²) in [6.45, 7) is 3.86. The van der Waals surface area contributed by atoms with E-state index < -0.39 is 5.41 Å². The van der Waals surface area contributed by atoms with E-state index in [2.05, 4.69) is 60.7 Å². The Labute approximate surface area is 184 Å². The predicted molar refractivity (Wildman–Crippen MR) is 126 cm³/mol. The molecular weight excluding hydrogens is 380 g/mol. The molecule has 31 heavy (non-hydrogen) atoms. The number of hydrogen-bond acceptors (Lipinski definition) is 2. The summed E-state index contributed by atoms with van der Waals surface area (Å²) < 4.78 is 5.60. The first-order valence-electron chi connectivity index (χ1n) is 10.9. The summed E-state index contributed by atoms with van der Waals surface area (Å²) in [5.41, 5.74) is 5.84. The Morgan fingerprint density at radius 2 is 1.32 bits per heavy atom. The van der Waals surface area contributed by atoms with Gasteiger partial charge in [-0.1, -0.05) is 91.0 Å². The molecule has 4 rings (SSSR count). The minimum atomic E-state index is -0.415. The standard InChI is InChI=1S/C29H28O2/c1-22(2)21-31-28(30)26-19-12-20-29(24-15-8-4-9-16-24,25-17-10-5-11-18-25)27(26)23-13-6-3-7-14-23/h3-11,13-18,21H,12,19-20H2,1-2H3. The van der Waals surface area contributed by atoms with Crippen molar-refractivity contribution >= 4 is 11.5 Å². The highest BCUT2D eigenvalue weighted by Crippen LogP contribution is 2.52. The normalized spacial score (nSPS) is 15.3. The minimum absolute atomic E-state index is 0.254. The molecular formula is C29H28O2. The summed E-state index contributed by atoms with van der Waals surface area (Å²) in [6.07, 6.45) is 4.12. The smallest absolute Gasteiger partial charge is 0.339 e. The molecule has 0 spiro atoms. The van der Waals surface area contributed by atoms with E-state index in [0.29, 0.717) is 6.42 Å². The van der Waals surface area contributed by atoms with Crippen LogP contribution in [0.2, 0.25) is 0 Å². The van der Waals surface area contributed by atoms with Crippen molar-refractivity contribution in [2.45, 2.75) is 38.5 Å². The molecule has 0 radical (unpaired) electrons. The molecule has 3 aromatic rings. The lowest BCUT2D eigenvalue weighted by atomic mass is 9.60. The summed E-state index contributed by atoms with van der Waals surface area (Å²) in [4.78, 5) is 13.3. The highest BCUT2D eigenvalue weighted by molar-refractivity contribution is 6.01. The SMILES string of the molecule is CC(C)=COC(=O)C1=C(c2ccccc2)C(c2ccccc2)(c2ccccc2)CCC1. The van der Waals surface area contributed by atoms with Crippen molar-refractivity contribution in [3.05, 3.63) is 125 Å². The van der Waals surface area contributed by atoms with Gasteiger partial charge >= 0.3 is 5.97 Å². The van der Waals surface area contributed by atoms with E-state index in [4.69, 9.17) is 4.74 Å². The van der Waals surface area contributed by atoms with Gasteiger partial charge in [-0.05, 0) is 60.9 Å². The maximum atomic E-state index is 13.3. The molecule has 0 aliphatic heterocycles. The summed E-state index contributed by atoms with van der Waals surface area (Å²) in [5, 5.41) is 0. The molecule has 0 heterocycles. The molecule has 156 valence electrons. The van der Waals surface area contributed by atoms with Crippen LogP contribution in [0.1, 0.15) is 49.8 Å². The Morgan fingerprint density at radius 3 is 1.84 bits per heavy atom. The lowest BCUT2D eigenvalue weighted by Crippen LogP contribution is -2.34. The molecule has 0 N–H and O–H groups in total. The average Bonchev–Trinajstić information content (AvgIpc) is 2.83. The van der Waals surface area contributed by atoms with Crippen LogP contribution in [-0.4, -0.2) is 5.97 Å². The van der Waals surface area contributed by atoms with Gasteiger partial charge in [0.1, 0.15) is 0 Å².